The molecule has 2 unspecified atom stereocenters. The summed E-state index contributed by atoms with van der Waals surface area (Å²) >= 11 is 0. The van der Waals surface area contributed by atoms with Gasteiger partial charge in [0.2, 0.25) is 0 Å². The van der Waals surface area contributed by atoms with Crippen molar-refractivity contribution in [2.45, 2.75) is 52.5 Å². The van der Waals surface area contributed by atoms with E-state index in [-0.39, 0.29) is 0 Å². The molecule has 0 aliphatic heterocycles. The van der Waals surface area contributed by atoms with Crippen molar-refractivity contribution in [3.8, 4) is 5.75 Å². The lowest BCUT2D eigenvalue weighted by Gasteiger charge is -2.14. The molecule has 0 spiro atoms. The summed E-state index contributed by atoms with van der Waals surface area (Å²) in [6.45, 7) is 10.6. The fourth-order valence-electron chi connectivity index (χ4n) is 1.93. The minimum atomic E-state index is 0.523. The van der Waals surface area contributed by atoms with E-state index in [0.717, 1.165) is 25.3 Å². The number of rotatable bonds is 8. The highest BCUT2D eigenvalue weighted by molar-refractivity contribution is 5.29. The van der Waals surface area contributed by atoms with Crippen molar-refractivity contribution in [2.75, 3.05) is 13.2 Å². The van der Waals surface area contributed by atoms with Crippen molar-refractivity contribution in [3.05, 3.63) is 29.8 Å². The lowest BCUT2D eigenvalue weighted by atomic mass is 9.99. The van der Waals surface area contributed by atoms with Crippen LogP contribution >= 0.6 is 0 Å². The summed E-state index contributed by atoms with van der Waals surface area (Å²) in [7, 11) is 0. The molecule has 0 aromatic heterocycles. The Bertz CT molecular complexity index is 320. The third-order valence-electron chi connectivity index (χ3n) is 3.43. The van der Waals surface area contributed by atoms with Gasteiger partial charge in [-0.15, -0.1) is 0 Å². The predicted molar refractivity (Wildman–Crippen MR) is 78.4 cm³/mol. The van der Waals surface area contributed by atoms with Gasteiger partial charge in [0.25, 0.3) is 0 Å². The van der Waals surface area contributed by atoms with Gasteiger partial charge in [0.1, 0.15) is 5.75 Å². The molecule has 1 rings (SSSR count). The topological polar surface area (TPSA) is 21.3 Å². The highest BCUT2D eigenvalue weighted by Gasteiger charge is 2.03. The molecule has 1 aromatic carbocycles. The van der Waals surface area contributed by atoms with Gasteiger partial charge >= 0.3 is 0 Å². The molecule has 1 N–H and O–H groups in total. The molecule has 0 saturated heterocycles. The van der Waals surface area contributed by atoms with Crippen LogP contribution < -0.4 is 10.1 Å². The molecule has 18 heavy (non-hydrogen) atoms. The smallest absolute Gasteiger partial charge is 0.119 e. The second kappa shape index (κ2) is 8.15. The van der Waals surface area contributed by atoms with Crippen LogP contribution in [0, 0.1) is 0 Å². The maximum absolute atomic E-state index is 5.75. The molecular formula is C16H27NO. The molecule has 2 nitrogen and oxygen atoms in total. The summed E-state index contributed by atoms with van der Waals surface area (Å²) in [4.78, 5) is 0. The SMILES string of the molecule is CCNC(C)CCOc1ccc(C(C)CC)cc1. The lowest BCUT2D eigenvalue weighted by molar-refractivity contribution is 0.291. The third kappa shape index (κ3) is 5.09. The van der Waals surface area contributed by atoms with Gasteiger partial charge in [0, 0.05) is 6.04 Å². The van der Waals surface area contributed by atoms with Crippen LogP contribution in [0.3, 0.4) is 0 Å². The van der Waals surface area contributed by atoms with Crippen LogP contribution in [-0.4, -0.2) is 19.2 Å². The van der Waals surface area contributed by atoms with E-state index in [2.05, 4.69) is 57.3 Å². The quantitative estimate of drug-likeness (QED) is 0.753. The van der Waals surface area contributed by atoms with Crippen molar-refractivity contribution < 1.29 is 4.74 Å². The average molecular weight is 249 g/mol. The van der Waals surface area contributed by atoms with Gasteiger partial charge in [-0.05, 0) is 49.9 Å². The molecule has 0 amide bonds. The number of benzene rings is 1. The fourth-order valence-corrected chi connectivity index (χ4v) is 1.93. The summed E-state index contributed by atoms with van der Waals surface area (Å²) in [5, 5.41) is 3.38. The van der Waals surface area contributed by atoms with Crippen LogP contribution in [0.1, 0.15) is 52.0 Å². The molecule has 102 valence electrons. The van der Waals surface area contributed by atoms with Crippen LogP contribution in [-0.2, 0) is 0 Å². The van der Waals surface area contributed by atoms with Gasteiger partial charge in [0.15, 0.2) is 0 Å². The Balaban J connectivity index is 2.35. The van der Waals surface area contributed by atoms with E-state index in [1.165, 1.54) is 12.0 Å². The molecule has 0 bridgehead atoms. The first-order valence-electron chi connectivity index (χ1n) is 7.13. The fraction of sp³-hybridized carbons (Fsp3) is 0.625. The summed E-state index contributed by atoms with van der Waals surface area (Å²) in [5.74, 6) is 1.61. The monoisotopic (exact) mass is 249 g/mol. The lowest BCUT2D eigenvalue weighted by Crippen LogP contribution is -2.27. The summed E-state index contributed by atoms with van der Waals surface area (Å²) < 4.78 is 5.75. The van der Waals surface area contributed by atoms with E-state index >= 15 is 0 Å². The average Bonchev–Trinajstić information content (AvgIpc) is 2.39. The van der Waals surface area contributed by atoms with Crippen LogP contribution in [0.15, 0.2) is 24.3 Å². The largest absolute Gasteiger partial charge is 0.494 e. The van der Waals surface area contributed by atoms with Crippen LogP contribution in [0.4, 0.5) is 0 Å². The molecule has 0 saturated carbocycles. The molecule has 0 heterocycles. The van der Waals surface area contributed by atoms with Gasteiger partial charge < -0.3 is 10.1 Å². The number of nitrogens with one attached hydrogen (secondary N) is 1. The van der Waals surface area contributed by atoms with Gasteiger partial charge in [-0.25, -0.2) is 0 Å². The normalized spacial score (nSPS) is 14.2. The van der Waals surface area contributed by atoms with Gasteiger partial charge in [-0.1, -0.05) is 32.9 Å². The van der Waals surface area contributed by atoms with E-state index < -0.39 is 0 Å². The second-order valence-corrected chi connectivity index (χ2v) is 4.97. The zero-order valence-corrected chi connectivity index (χ0v) is 12.2. The van der Waals surface area contributed by atoms with Crippen molar-refractivity contribution in [1.82, 2.24) is 5.32 Å². The Kier molecular flexibility index (Phi) is 6.81. The summed E-state index contributed by atoms with van der Waals surface area (Å²) in [6, 6.07) is 9.04. The van der Waals surface area contributed by atoms with Gasteiger partial charge in [-0.3, -0.25) is 0 Å². The number of hydrogen-bond donors (Lipinski definition) is 1. The molecular weight excluding hydrogens is 222 g/mol. The predicted octanol–water partition coefficient (Wildman–Crippen LogP) is 3.97. The maximum atomic E-state index is 5.75. The molecule has 2 heteroatoms. The van der Waals surface area contributed by atoms with Crippen molar-refractivity contribution in [1.29, 1.82) is 0 Å². The van der Waals surface area contributed by atoms with Crippen LogP contribution in [0.2, 0.25) is 0 Å². The minimum absolute atomic E-state index is 0.523. The van der Waals surface area contributed by atoms with Crippen LogP contribution in [0.25, 0.3) is 0 Å². The van der Waals surface area contributed by atoms with Gasteiger partial charge in [-0.2, -0.15) is 0 Å². The Morgan fingerprint density at radius 2 is 1.78 bits per heavy atom. The molecule has 1 aromatic rings. The zero-order valence-electron chi connectivity index (χ0n) is 12.2. The molecule has 0 aliphatic rings. The number of ether oxygens (including phenoxy) is 1. The standard InChI is InChI=1S/C16H27NO/c1-5-13(3)15-7-9-16(10-8-15)18-12-11-14(4)17-6-2/h7-10,13-14,17H,5-6,11-12H2,1-4H3. The van der Waals surface area contributed by atoms with Crippen molar-refractivity contribution in [2.24, 2.45) is 0 Å². The van der Waals surface area contributed by atoms with Crippen molar-refractivity contribution in [3.63, 3.8) is 0 Å². The van der Waals surface area contributed by atoms with Crippen molar-refractivity contribution >= 4 is 0 Å². The third-order valence-corrected chi connectivity index (χ3v) is 3.43. The number of hydrogen-bond acceptors (Lipinski definition) is 2. The first kappa shape index (κ1) is 15.0. The molecule has 0 radical (unpaired) electrons. The molecule has 2 atom stereocenters. The van der Waals surface area contributed by atoms with E-state index in [1.54, 1.807) is 0 Å². The first-order valence-corrected chi connectivity index (χ1v) is 7.13. The zero-order chi connectivity index (χ0) is 13.4. The van der Waals surface area contributed by atoms with E-state index in [1.807, 2.05) is 0 Å². The Hall–Kier alpha value is -1.02. The first-order chi connectivity index (χ1) is 8.67. The minimum Gasteiger partial charge on any atom is -0.494 e. The summed E-state index contributed by atoms with van der Waals surface area (Å²) in [6.07, 6.45) is 2.22. The molecule has 0 fully saturated rings. The van der Waals surface area contributed by atoms with Gasteiger partial charge in [0.05, 0.1) is 6.61 Å². The second-order valence-electron chi connectivity index (χ2n) is 4.97. The highest BCUT2D eigenvalue weighted by atomic mass is 16.5. The van der Waals surface area contributed by atoms with E-state index in [4.69, 9.17) is 4.74 Å². The Morgan fingerprint density at radius 1 is 1.11 bits per heavy atom. The summed E-state index contributed by atoms with van der Waals surface area (Å²) in [5.41, 5.74) is 1.39. The highest BCUT2D eigenvalue weighted by Crippen LogP contribution is 2.21. The van der Waals surface area contributed by atoms with E-state index in [0.29, 0.717) is 12.0 Å². The van der Waals surface area contributed by atoms with Crippen LogP contribution in [0.5, 0.6) is 5.75 Å². The Morgan fingerprint density at radius 3 is 2.33 bits per heavy atom. The van der Waals surface area contributed by atoms with E-state index in [9.17, 15) is 0 Å². The molecule has 0 aliphatic carbocycles. The Labute approximate surface area is 112 Å². The maximum Gasteiger partial charge on any atom is 0.119 e.